The number of carbonyl (C=O) groups is 2. The van der Waals surface area contributed by atoms with Gasteiger partial charge in [0.1, 0.15) is 12.6 Å². The Kier molecular flexibility index (Phi) is 10.7. The fourth-order valence-corrected chi connectivity index (χ4v) is 3.20. The van der Waals surface area contributed by atoms with Crippen LogP contribution in [0.1, 0.15) is 84.3 Å². The highest BCUT2D eigenvalue weighted by molar-refractivity contribution is 5.54. The van der Waals surface area contributed by atoms with E-state index in [1.54, 1.807) is 5.57 Å². The number of rotatable bonds is 7. The highest BCUT2D eigenvalue weighted by Crippen LogP contribution is 2.25. The number of aldehydes is 2. The lowest BCUT2D eigenvalue weighted by Gasteiger charge is -2.19. The molecular weight excluding hydrogens is 344 g/mol. The Morgan fingerprint density at radius 3 is 2.18 bits per heavy atom. The molecule has 1 atom stereocenters. The van der Waals surface area contributed by atoms with E-state index in [0.29, 0.717) is 12.3 Å². The van der Waals surface area contributed by atoms with Gasteiger partial charge in [-0.1, -0.05) is 68.3 Å². The third kappa shape index (κ3) is 9.82. The van der Waals surface area contributed by atoms with Crippen molar-refractivity contribution in [1.82, 2.24) is 0 Å². The van der Waals surface area contributed by atoms with E-state index in [9.17, 15) is 9.59 Å². The number of carbonyl (C=O) groups excluding carboxylic acids is 2. The summed E-state index contributed by atoms with van der Waals surface area (Å²) >= 11 is 0. The predicted octanol–water partition coefficient (Wildman–Crippen LogP) is 6.77. The molecule has 0 saturated heterocycles. The molecule has 2 heteroatoms. The first-order chi connectivity index (χ1) is 13.3. The average Bonchev–Trinajstić information content (AvgIpc) is 2.67. The molecule has 1 aliphatic rings. The third-order valence-corrected chi connectivity index (χ3v) is 5.13. The van der Waals surface area contributed by atoms with Gasteiger partial charge in [0, 0.05) is 12.3 Å². The molecule has 0 bridgehead atoms. The number of allylic oxidation sites excluding steroid dienone is 4. The lowest BCUT2D eigenvalue weighted by molar-refractivity contribution is -0.111. The van der Waals surface area contributed by atoms with Crippen LogP contribution in [0.4, 0.5) is 0 Å². The van der Waals surface area contributed by atoms with Gasteiger partial charge < -0.3 is 9.59 Å². The SMILES string of the molecule is CC(C)(C)c1ccc(CCC=O)cc1.CC(C)=CCCC1=CCC(C=O)CC1. The van der Waals surface area contributed by atoms with Gasteiger partial charge in [0.2, 0.25) is 0 Å². The summed E-state index contributed by atoms with van der Waals surface area (Å²) in [6, 6.07) is 8.54. The standard InChI is InChI=1S/C13H18O.C13H20O/c1-13(2,3)12-8-6-11(7-9-12)5-4-10-14;1-11(2)4-3-5-12-6-8-13(10-14)9-7-12/h6-10H,4-5H2,1-3H3;4,6,10,13H,3,5,7-9H2,1-2H3. The topological polar surface area (TPSA) is 34.1 Å². The molecule has 0 spiro atoms. The van der Waals surface area contributed by atoms with E-state index in [1.807, 2.05) is 0 Å². The maximum atomic E-state index is 10.5. The molecule has 0 aromatic heterocycles. The monoisotopic (exact) mass is 382 g/mol. The number of hydrogen-bond acceptors (Lipinski definition) is 2. The van der Waals surface area contributed by atoms with Crippen molar-refractivity contribution >= 4 is 12.6 Å². The molecule has 1 aromatic carbocycles. The van der Waals surface area contributed by atoms with E-state index in [1.165, 1.54) is 23.1 Å². The minimum absolute atomic E-state index is 0.211. The summed E-state index contributed by atoms with van der Waals surface area (Å²) in [6.45, 7) is 10.9. The molecule has 0 saturated carbocycles. The molecule has 1 aromatic rings. The van der Waals surface area contributed by atoms with E-state index in [4.69, 9.17) is 0 Å². The second-order valence-corrected chi connectivity index (χ2v) is 9.01. The van der Waals surface area contributed by atoms with Crippen molar-refractivity contribution in [2.24, 2.45) is 5.92 Å². The summed E-state index contributed by atoms with van der Waals surface area (Å²) in [4.78, 5) is 20.7. The lowest BCUT2D eigenvalue weighted by atomic mass is 9.86. The van der Waals surface area contributed by atoms with E-state index in [-0.39, 0.29) is 5.41 Å². The summed E-state index contributed by atoms with van der Waals surface area (Å²) in [5, 5.41) is 0. The molecule has 28 heavy (non-hydrogen) atoms. The Hall–Kier alpha value is -1.96. The second kappa shape index (κ2) is 12.5. The maximum absolute atomic E-state index is 10.5. The first kappa shape index (κ1) is 24.1. The Morgan fingerprint density at radius 2 is 1.71 bits per heavy atom. The molecule has 2 nitrogen and oxygen atoms in total. The van der Waals surface area contributed by atoms with Crippen molar-refractivity contribution in [2.45, 2.75) is 85.0 Å². The first-order valence-electron chi connectivity index (χ1n) is 10.6. The summed E-state index contributed by atoms with van der Waals surface area (Å²) in [7, 11) is 0. The van der Waals surface area contributed by atoms with Crippen LogP contribution in [-0.2, 0) is 21.4 Å². The molecule has 0 amide bonds. The molecule has 0 heterocycles. The van der Waals surface area contributed by atoms with Gasteiger partial charge in [-0.05, 0) is 68.9 Å². The van der Waals surface area contributed by atoms with Gasteiger partial charge in [-0.15, -0.1) is 0 Å². The van der Waals surface area contributed by atoms with Crippen LogP contribution < -0.4 is 0 Å². The molecule has 0 fully saturated rings. The van der Waals surface area contributed by atoms with E-state index >= 15 is 0 Å². The maximum Gasteiger partial charge on any atom is 0.123 e. The van der Waals surface area contributed by atoms with Gasteiger partial charge in [-0.25, -0.2) is 0 Å². The smallest absolute Gasteiger partial charge is 0.123 e. The summed E-state index contributed by atoms with van der Waals surface area (Å²) in [5.41, 5.74) is 5.73. The lowest BCUT2D eigenvalue weighted by Crippen LogP contribution is -2.10. The average molecular weight is 383 g/mol. The Morgan fingerprint density at radius 1 is 1.04 bits per heavy atom. The molecule has 0 radical (unpaired) electrons. The van der Waals surface area contributed by atoms with Crippen LogP contribution in [-0.4, -0.2) is 12.6 Å². The van der Waals surface area contributed by atoms with E-state index < -0.39 is 0 Å². The van der Waals surface area contributed by atoms with Gasteiger partial charge >= 0.3 is 0 Å². The van der Waals surface area contributed by atoms with Crippen LogP contribution >= 0.6 is 0 Å². The minimum atomic E-state index is 0.211. The van der Waals surface area contributed by atoms with Gasteiger partial charge in [0.25, 0.3) is 0 Å². The zero-order valence-electron chi connectivity index (χ0n) is 18.5. The minimum Gasteiger partial charge on any atom is -0.303 e. The molecule has 0 N–H and O–H groups in total. The zero-order chi connectivity index (χ0) is 21.0. The van der Waals surface area contributed by atoms with Crippen LogP contribution in [0.3, 0.4) is 0 Å². The highest BCUT2D eigenvalue weighted by atomic mass is 16.1. The van der Waals surface area contributed by atoms with Gasteiger partial charge in [0.15, 0.2) is 0 Å². The predicted molar refractivity (Wildman–Crippen MR) is 120 cm³/mol. The van der Waals surface area contributed by atoms with Gasteiger partial charge in [-0.2, -0.15) is 0 Å². The number of benzene rings is 1. The van der Waals surface area contributed by atoms with Crippen molar-refractivity contribution in [3.05, 3.63) is 58.7 Å². The fraction of sp³-hybridized carbons (Fsp3) is 0.538. The summed E-state index contributed by atoms with van der Waals surface area (Å²) in [5.74, 6) is 0.294. The molecular formula is C26H38O2. The molecule has 154 valence electrons. The second-order valence-electron chi connectivity index (χ2n) is 9.01. The number of hydrogen-bond donors (Lipinski definition) is 0. The Balaban J connectivity index is 0.000000280. The van der Waals surface area contributed by atoms with Crippen LogP contribution in [0.2, 0.25) is 0 Å². The van der Waals surface area contributed by atoms with Crippen molar-refractivity contribution in [3.63, 3.8) is 0 Å². The number of aryl methyl sites for hydroxylation is 1. The van der Waals surface area contributed by atoms with E-state index in [2.05, 4.69) is 71.0 Å². The largest absolute Gasteiger partial charge is 0.303 e. The van der Waals surface area contributed by atoms with Crippen molar-refractivity contribution in [2.75, 3.05) is 0 Å². The van der Waals surface area contributed by atoms with Crippen LogP contribution in [0.15, 0.2) is 47.6 Å². The normalized spacial score (nSPS) is 16.3. The van der Waals surface area contributed by atoms with E-state index in [0.717, 1.165) is 44.7 Å². The van der Waals surface area contributed by atoms with Crippen LogP contribution in [0, 0.1) is 5.92 Å². The molecule has 1 aliphatic carbocycles. The van der Waals surface area contributed by atoms with Crippen LogP contribution in [0.5, 0.6) is 0 Å². The quantitative estimate of drug-likeness (QED) is 0.385. The molecule has 0 aliphatic heterocycles. The Labute approximate surface area is 172 Å². The van der Waals surface area contributed by atoms with Gasteiger partial charge in [0.05, 0.1) is 0 Å². The third-order valence-electron chi connectivity index (χ3n) is 5.13. The van der Waals surface area contributed by atoms with Crippen molar-refractivity contribution < 1.29 is 9.59 Å². The summed E-state index contributed by atoms with van der Waals surface area (Å²) in [6.07, 6.45) is 13.6. The zero-order valence-corrected chi connectivity index (χ0v) is 18.5. The van der Waals surface area contributed by atoms with Crippen molar-refractivity contribution in [1.29, 1.82) is 0 Å². The first-order valence-corrected chi connectivity index (χ1v) is 10.6. The Bertz CT molecular complexity index is 653. The molecule has 1 unspecified atom stereocenters. The summed E-state index contributed by atoms with van der Waals surface area (Å²) < 4.78 is 0. The van der Waals surface area contributed by atoms with Crippen molar-refractivity contribution in [3.8, 4) is 0 Å². The fourth-order valence-electron chi connectivity index (χ4n) is 3.20. The van der Waals surface area contributed by atoms with Gasteiger partial charge in [-0.3, -0.25) is 0 Å². The molecule has 2 rings (SSSR count). The van der Waals surface area contributed by atoms with Crippen LogP contribution in [0.25, 0.3) is 0 Å². The highest BCUT2D eigenvalue weighted by Gasteiger charge is 2.13.